The van der Waals surface area contributed by atoms with E-state index in [1.165, 1.54) is 14.0 Å². The Kier molecular flexibility index (Phi) is 5.99. The van der Waals surface area contributed by atoms with Crippen LogP contribution in [0.25, 0.3) is 0 Å². The lowest BCUT2D eigenvalue weighted by Crippen LogP contribution is -2.35. The maximum atomic E-state index is 11.9. The van der Waals surface area contributed by atoms with Crippen molar-refractivity contribution in [3.05, 3.63) is 18.2 Å². The first-order valence-electron chi connectivity index (χ1n) is 6.50. The summed E-state index contributed by atoms with van der Waals surface area (Å²) in [6.45, 7) is 3.38. The van der Waals surface area contributed by atoms with Crippen molar-refractivity contribution in [2.45, 2.75) is 32.7 Å². The zero-order valence-electron chi connectivity index (χ0n) is 12.0. The van der Waals surface area contributed by atoms with Crippen molar-refractivity contribution in [1.82, 2.24) is 0 Å². The van der Waals surface area contributed by atoms with E-state index in [1.807, 2.05) is 6.92 Å². The third kappa shape index (κ3) is 4.55. The summed E-state index contributed by atoms with van der Waals surface area (Å²) in [5.41, 5.74) is 6.83. The van der Waals surface area contributed by atoms with E-state index in [-0.39, 0.29) is 11.8 Å². The maximum absolute atomic E-state index is 11.9. The highest BCUT2D eigenvalue weighted by molar-refractivity contribution is 5.97. The highest BCUT2D eigenvalue weighted by Crippen LogP contribution is 2.28. The molecule has 0 saturated carbocycles. The molecule has 1 aromatic rings. The minimum atomic E-state index is -0.561. The average molecular weight is 279 g/mol. The van der Waals surface area contributed by atoms with Crippen LogP contribution in [0.1, 0.15) is 26.7 Å². The van der Waals surface area contributed by atoms with Crippen LogP contribution in [0.2, 0.25) is 0 Å². The number of hydrogen-bond acceptors (Lipinski definition) is 4. The Hall–Kier alpha value is -2.08. The fourth-order valence-corrected chi connectivity index (χ4v) is 1.75. The SMILES string of the molecule is CCC[C@@H](N)C(=O)Nc1cc(NC(C)=O)ccc1OC. The largest absolute Gasteiger partial charge is 0.495 e. The number of rotatable bonds is 6. The van der Waals surface area contributed by atoms with E-state index in [2.05, 4.69) is 10.6 Å². The van der Waals surface area contributed by atoms with Gasteiger partial charge in [0.05, 0.1) is 18.8 Å². The molecule has 6 heteroatoms. The number of anilines is 2. The summed E-state index contributed by atoms with van der Waals surface area (Å²) in [7, 11) is 1.51. The zero-order valence-corrected chi connectivity index (χ0v) is 12.0. The van der Waals surface area contributed by atoms with E-state index < -0.39 is 6.04 Å². The van der Waals surface area contributed by atoms with Crippen LogP contribution in [0.4, 0.5) is 11.4 Å². The normalized spacial score (nSPS) is 11.6. The van der Waals surface area contributed by atoms with Gasteiger partial charge in [-0.1, -0.05) is 13.3 Å². The van der Waals surface area contributed by atoms with Gasteiger partial charge in [-0.25, -0.2) is 0 Å². The molecule has 0 fully saturated rings. The van der Waals surface area contributed by atoms with Gasteiger partial charge in [0.1, 0.15) is 5.75 Å². The molecule has 20 heavy (non-hydrogen) atoms. The van der Waals surface area contributed by atoms with Crippen LogP contribution in [0.15, 0.2) is 18.2 Å². The third-order valence-electron chi connectivity index (χ3n) is 2.71. The topological polar surface area (TPSA) is 93.5 Å². The molecule has 0 aliphatic carbocycles. The lowest BCUT2D eigenvalue weighted by molar-refractivity contribution is -0.117. The Labute approximate surface area is 118 Å². The van der Waals surface area contributed by atoms with Gasteiger partial charge < -0.3 is 21.1 Å². The number of methoxy groups -OCH3 is 1. The highest BCUT2D eigenvalue weighted by Gasteiger charge is 2.15. The maximum Gasteiger partial charge on any atom is 0.241 e. The summed E-state index contributed by atoms with van der Waals surface area (Å²) < 4.78 is 5.18. The number of hydrogen-bond donors (Lipinski definition) is 3. The van der Waals surface area contributed by atoms with Crippen LogP contribution < -0.4 is 21.1 Å². The number of nitrogens with two attached hydrogens (primary N) is 1. The highest BCUT2D eigenvalue weighted by atomic mass is 16.5. The summed E-state index contributed by atoms with van der Waals surface area (Å²) in [4.78, 5) is 23.0. The molecule has 1 aromatic carbocycles. The smallest absolute Gasteiger partial charge is 0.241 e. The Morgan fingerprint density at radius 1 is 1.35 bits per heavy atom. The average Bonchev–Trinajstić information content (AvgIpc) is 2.38. The predicted octanol–water partition coefficient (Wildman–Crippen LogP) is 1.72. The van der Waals surface area contributed by atoms with Crippen LogP contribution in [0, 0.1) is 0 Å². The molecule has 0 aliphatic heterocycles. The Morgan fingerprint density at radius 3 is 2.60 bits per heavy atom. The lowest BCUT2D eigenvalue weighted by Gasteiger charge is -2.15. The second kappa shape index (κ2) is 7.49. The molecule has 0 heterocycles. The summed E-state index contributed by atoms with van der Waals surface area (Å²) >= 11 is 0. The molecule has 0 aromatic heterocycles. The van der Waals surface area contributed by atoms with Gasteiger partial charge in [-0.05, 0) is 24.6 Å². The number of ether oxygens (including phenoxy) is 1. The number of carbonyl (C=O) groups excluding carboxylic acids is 2. The molecule has 4 N–H and O–H groups in total. The molecule has 0 unspecified atom stereocenters. The van der Waals surface area contributed by atoms with Crippen molar-refractivity contribution in [3.8, 4) is 5.75 Å². The Balaban J connectivity index is 2.90. The monoisotopic (exact) mass is 279 g/mol. The summed E-state index contributed by atoms with van der Waals surface area (Å²) in [6.07, 6.45) is 1.44. The molecular formula is C14H21N3O3. The summed E-state index contributed by atoms with van der Waals surface area (Å²) in [6, 6.07) is 4.44. The van der Waals surface area contributed by atoms with Gasteiger partial charge in [-0.3, -0.25) is 9.59 Å². The second-order valence-electron chi connectivity index (χ2n) is 4.48. The zero-order chi connectivity index (χ0) is 15.1. The first-order chi connectivity index (χ1) is 9.47. The van der Waals surface area contributed by atoms with Gasteiger partial charge in [-0.2, -0.15) is 0 Å². The van der Waals surface area contributed by atoms with Crippen molar-refractivity contribution < 1.29 is 14.3 Å². The molecule has 6 nitrogen and oxygen atoms in total. The fourth-order valence-electron chi connectivity index (χ4n) is 1.75. The van der Waals surface area contributed by atoms with Crippen molar-refractivity contribution in [3.63, 3.8) is 0 Å². The van der Waals surface area contributed by atoms with Gasteiger partial charge in [0.2, 0.25) is 11.8 Å². The quantitative estimate of drug-likeness (QED) is 0.739. The van der Waals surface area contributed by atoms with Crippen LogP contribution in [0.3, 0.4) is 0 Å². The molecule has 0 radical (unpaired) electrons. The first-order valence-corrected chi connectivity index (χ1v) is 6.50. The van der Waals surface area contributed by atoms with Gasteiger partial charge >= 0.3 is 0 Å². The van der Waals surface area contributed by atoms with Crippen LogP contribution in [0.5, 0.6) is 5.75 Å². The molecule has 0 aliphatic rings. The fraction of sp³-hybridized carbons (Fsp3) is 0.429. The van der Waals surface area contributed by atoms with Crippen molar-refractivity contribution >= 4 is 23.2 Å². The van der Waals surface area contributed by atoms with Crippen molar-refractivity contribution in [1.29, 1.82) is 0 Å². The molecule has 110 valence electrons. The number of carbonyl (C=O) groups is 2. The molecule has 0 spiro atoms. The number of benzene rings is 1. The minimum absolute atomic E-state index is 0.185. The van der Waals surface area contributed by atoms with Gasteiger partial charge in [0, 0.05) is 12.6 Å². The van der Waals surface area contributed by atoms with E-state index in [9.17, 15) is 9.59 Å². The third-order valence-corrected chi connectivity index (χ3v) is 2.71. The van der Waals surface area contributed by atoms with Gasteiger partial charge in [0.15, 0.2) is 0 Å². The summed E-state index contributed by atoms with van der Waals surface area (Å²) in [5, 5.41) is 5.37. The van der Waals surface area contributed by atoms with E-state index in [4.69, 9.17) is 10.5 Å². The lowest BCUT2D eigenvalue weighted by atomic mass is 10.1. The van der Waals surface area contributed by atoms with E-state index in [0.717, 1.165) is 6.42 Å². The van der Waals surface area contributed by atoms with Crippen molar-refractivity contribution in [2.75, 3.05) is 17.7 Å². The molecule has 0 bridgehead atoms. The van der Waals surface area contributed by atoms with E-state index in [0.29, 0.717) is 23.5 Å². The first kappa shape index (κ1) is 16.0. The number of nitrogens with one attached hydrogen (secondary N) is 2. The Morgan fingerprint density at radius 2 is 2.05 bits per heavy atom. The van der Waals surface area contributed by atoms with Crippen LogP contribution >= 0.6 is 0 Å². The van der Waals surface area contributed by atoms with Gasteiger partial charge in [-0.15, -0.1) is 0 Å². The van der Waals surface area contributed by atoms with Crippen LogP contribution in [-0.4, -0.2) is 25.0 Å². The number of amides is 2. The molecule has 1 rings (SSSR count). The van der Waals surface area contributed by atoms with Crippen LogP contribution in [-0.2, 0) is 9.59 Å². The molecule has 1 atom stereocenters. The molecular weight excluding hydrogens is 258 g/mol. The van der Waals surface area contributed by atoms with E-state index in [1.54, 1.807) is 18.2 Å². The Bertz CT molecular complexity index is 489. The minimum Gasteiger partial charge on any atom is -0.495 e. The van der Waals surface area contributed by atoms with E-state index >= 15 is 0 Å². The molecule has 2 amide bonds. The standard InChI is InChI=1S/C14H21N3O3/c1-4-5-11(15)14(19)17-12-8-10(16-9(2)18)6-7-13(12)20-3/h6-8,11H,4-5,15H2,1-3H3,(H,16,18)(H,17,19)/t11-/m1/s1. The molecule has 0 saturated heterocycles. The predicted molar refractivity (Wildman–Crippen MR) is 78.8 cm³/mol. The second-order valence-corrected chi connectivity index (χ2v) is 4.48. The van der Waals surface area contributed by atoms with Gasteiger partial charge in [0.25, 0.3) is 0 Å². The van der Waals surface area contributed by atoms with Crippen molar-refractivity contribution in [2.24, 2.45) is 5.73 Å². The summed E-state index contributed by atoms with van der Waals surface area (Å²) in [5.74, 6) is 0.0522.